The highest BCUT2D eigenvalue weighted by molar-refractivity contribution is 5.25. The van der Waals surface area contributed by atoms with Crippen LogP contribution in [0.5, 0.6) is 0 Å². The topological polar surface area (TPSA) is 40.5 Å². The van der Waals surface area contributed by atoms with Crippen molar-refractivity contribution in [2.75, 3.05) is 0 Å². The average molecular weight is 431 g/mol. The van der Waals surface area contributed by atoms with Crippen LogP contribution in [-0.2, 0) is 0 Å². The highest BCUT2D eigenvalue weighted by Gasteiger charge is 2.59. The molecule has 0 saturated heterocycles. The second-order valence-electron chi connectivity index (χ2n) is 13.0. The molecule has 0 aromatic heterocycles. The number of fused-ring (bicyclic) bond motifs is 5. The fraction of sp³-hybridized carbons (Fsp3) is 0.931. The first-order valence-corrected chi connectivity index (χ1v) is 13.7. The molecule has 2 heteroatoms. The Morgan fingerprint density at radius 1 is 1.03 bits per heavy atom. The van der Waals surface area contributed by atoms with Crippen LogP contribution in [-0.4, -0.2) is 22.4 Å². The Morgan fingerprint density at radius 2 is 1.77 bits per heavy atom. The zero-order valence-corrected chi connectivity index (χ0v) is 21.2. The van der Waals surface area contributed by atoms with Gasteiger partial charge >= 0.3 is 0 Å². The molecule has 3 fully saturated rings. The summed E-state index contributed by atoms with van der Waals surface area (Å²) >= 11 is 0. The van der Waals surface area contributed by atoms with Crippen molar-refractivity contribution in [1.29, 1.82) is 0 Å². The van der Waals surface area contributed by atoms with Crippen molar-refractivity contribution in [2.45, 2.75) is 118 Å². The standard InChI is InChI=1S/C29H50O2/c1-7-20(18(2)3)16-27(31)19(4)24-10-11-25-23-9-8-21-17-22(30)12-14-28(21,5)26(23)13-15-29(24,25)6/h8,18-20,22-27,30-31H,7,9-17H2,1-6H3. The molecule has 31 heavy (non-hydrogen) atoms. The summed E-state index contributed by atoms with van der Waals surface area (Å²) in [5.74, 6) is 4.82. The fourth-order valence-corrected chi connectivity index (χ4v) is 9.25. The van der Waals surface area contributed by atoms with Crippen LogP contribution in [0.1, 0.15) is 106 Å². The van der Waals surface area contributed by atoms with Gasteiger partial charge in [0, 0.05) is 0 Å². The van der Waals surface area contributed by atoms with Crippen LogP contribution in [0.15, 0.2) is 11.6 Å². The molecule has 2 nitrogen and oxygen atoms in total. The third-order valence-electron chi connectivity index (χ3n) is 11.4. The third kappa shape index (κ3) is 3.96. The minimum Gasteiger partial charge on any atom is -0.393 e. The molecule has 0 amide bonds. The molecule has 0 spiro atoms. The van der Waals surface area contributed by atoms with Crippen LogP contribution in [0.2, 0.25) is 0 Å². The summed E-state index contributed by atoms with van der Waals surface area (Å²) in [5.41, 5.74) is 2.31. The predicted molar refractivity (Wildman–Crippen MR) is 130 cm³/mol. The molecule has 0 bridgehead atoms. The molecule has 10 atom stereocenters. The summed E-state index contributed by atoms with van der Waals surface area (Å²) in [6.45, 7) is 14.4. The summed E-state index contributed by atoms with van der Waals surface area (Å²) in [6, 6.07) is 0. The van der Waals surface area contributed by atoms with Gasteiger partial charge < -0.3 is 10.2 Å². The molecule has 0 aliphatic heterocycles. The number of aliphatic hydroxyl groups excluding tert-OH is 2. The molecule has 2 N–H and O–H groups in total. The normalized spacial score (nSPS) is 45.3. The Bertz CT molecular complexity index is 668. The van der Waals surface area contributed by atoms with Gasteiger partial charge in [0.05, 0.1) is 12.2 Å². The molecular formula is C29H50O2. The number of hydrogen-bond donors (Lipinski definition) is 2. The van der Waals surface area contributed by atoms with Crippen molar-refractivity contribution in [3.05, 3.63) is 11.6 Å². The van der Waals surface area contributed by atoms with E-state index >= 15 is 0 Å². The van der Waals surface area contributed by atoms with E-state index in [4.69, 9.17) is 0 Å². The molecule has 3 saturated carbocycles. The van der Waals surface area contributed by atoms with Crippen LogP contribution in [0, 0.1) is 52.3 Å². The molecule has 4 aliphatic carbocycles. The Labute approximate surface area is 192 Å². The SMILES string of the molecule is CCC(CC(O)C(C)C1CCC2C3CC=C4CC(O)CCC4(C)C3CCC12C)C(C)C. The lowest BCUT2D eigenvalue weighted by Crippen LogP contribution is -2.51. The second kappa shape index (κ2) is 8.79. The lowest BCUT2D eigenvalue weighted by molar-refractivity contribution is -0.0696. The van der Waals surface area contributed by atoms with E-state index in [1.54, 1.807) is 5.57 Å². The minimum absolute atomic E-state index is 0.110. The Kier molecular flexibility index (Phi) is 6.75. The summed E-state index contributed by atoms with van der Waals surface area (Å²) in [6.07, 6.45) is 14.1. The van der Waals surface area contributed by atoms with Gasteiger partial charge in [0.15, 0.2) is 0 Å². The first-order chi connectivity index (χ1) is 14.6. The van der Waals surface area contributed by atoms with Gasteiger partial charge in [-0.25, -0.2) is 0 Å². The van der Waals surface area contributed by atoms with Crippen LogP contribution >= 0.6 is 0 Å². The zero-order chi connectivity index (χ0) is 22.6. The maximum absolute atomic E-state index is 11.3. The summed E-state index contributed by atoms with van der Waals surface area (Å²) in [7, 11) is 0. The van der Waals surface area contributed by atoms with Crippen LogP contribution in [0.3, 0.4) is 0 Å². The largest absolute Gasteiger partial charge is 0.393 e. The van der Waals surface area contributed by atoms with E-state index < -0.39 is 0 Å². The molecular weight excluding hydrogens is 380 g/mol. The van der Waals surface area contributed by atoms with E-state index in [0.29, 0.717) is 34.5 Å². The fourth-order valence-electron chi connectivity index (χ4n) is 9.25. The van der Waals surface area contributed by atoms with Crippen molar-refractivity contribution >= 4 is 0 Å². The number of rotatable bonds is 6. The minimum atomic E-state index is -0.152. The summed E-state index contributed by atoms with van der Waals surface area (Å²) in [5, 5.41) is 21.5. The van der Waals surface area contributed by atoms with Gasteiger partial charge in [-0.3, -0.25) is 0 Å². The zero-order valence-electron chi connectivity index (χ0n) is 21.2. The van der Waals surface area contributed by atoms with Crippen molar-refractivity contribution in [1.82, 2.24) is 0 Å². The van der Waals surface area contributed by atoms with Gasteiger partial charge in [-0.1, -0.05) is 59.6 Å². The van der Waals surface area contributed by atoms with Gasteiger partial charge in [-0.2, -0.15) is 0 Å². The van der Waals surface area contributed by atoms with Gasteiger partial charge in [-0.05, 0) is 110 Å². The maximum Gasteiger partial charge on any atom is 0.0577 e. The molecule has 0 aromatic rings. The Balaban J connectivity index is 1.50. The molecule has 4 rings (SSSR count). The predicted octanol–water partition coefficient (Wildman–Crippen LogP) is 7.00. The monoisotopic (exact) mass is 430 g/mol. The van der Waals surface area contributed by atoms with Crippen molar-refractivity contribution < 1.29 is 10.2 Å². The van der Waals surface area contributed by atoms with E-state index in [9.17, 15) is 10.2 Å². The van der Waals surface area contributed by atoms with Crippen LogP contribution < -0.4 is 0 Å². The number of allylic oxidation sites excluding steroid dienone is 1. The highest BCUT2D eigenvalue weighted by Crippen LogP contribution is 2.67. The first-order valence-electron chi connectivity index (χ1n) is 13.7. The molecule has 10 unspecified atom stereocenters. The first kappa shape index (κ1) is 23.8. The van der Waals surface area contributed by atoms with Crippen LogP contribution in [0.4, 0.5) is 0 Å². The Morgan fingerprint density at radius 3 is 2.45 bits per heavy atom. The summed E-state index contributed by atoms with van der Waals surface area (Å²) < 4.78 is 0. The van der Waals surface area contributed by atoms with Gasteiger partial charge in [0.2, 0.25) is 0 Å². The molecule has 0 heterocycles. The van der Waals surface area contributed by atoms with E-state index in [2.05, 4.69) is 47.6 Å². The van der Waals surface area contributed by atoms with Crippen LogP contribution in [0.25, 0.3) is 0 Å². The lowest BCUT2D eigenvalue weighted by Gasteiger charge is -2.58. The maximum atomic E-state index is 11.3. The second-order valence-corrected chi connectivity index (χ2v) is 13.0. The van der Waals surface area contributed by atoms with Gasteiger partial charge in [0.25, 0.3) is 0 Å². The van der Waals surface area contributed by atoms with Gasteiger partial charge in [0.1, 0.15) is 0 Å². The Hall–Kier alpha value is -0.340. The van der Waals surface area contributed by atoms with E-state index in [-0.39, 0.29) is 12.2 Å². The highest BCUT2D eigenvalue weighted by atomic mass is 16.3. The van der Waals surface area contributed by atoms with Crippen molar-refractivity contribution in [3.8, 4) is 0 Å². The molecule has 4 aliphatic rings. The quantitative estimate of drug-likeness (QED) is 0.446. The molecule has 0 aromatic carbocycles. The van der Waals surface area contributed by atoms with Crippen molar-refractivity contribution in [2.24, 2.45) is 52.3 Å². The number of hydrogen-bond acceptors (Lipinski definition) is 2. The van der Waals surface area contributed by atoms with E-state index in [1.807, 2.05) is 0 Å². The lowest BCUT2D eigenvalue weighted by atomic mass is 9.47. The summed E-state index contributed by atoms with van der Waals surface area (Å²) in [4.78, 5) is 0. The third-order valence-corrected chi connectivity index (χ3v) is 11.4. The van der Waals surface area contributed by atoms with Crippen molar-refractivity contribution in [3.63, 3.8) is 0 Å². The number of aliphatic hydroxyl groups is 2. The molecule has 0 radical (unpaired) electrons. The molecule has 178 valence electrons. The van der Waals surface area contributed by atoms with Gasteiger partial charge in [-0.15, -0.1) is 0 Å². The average Bonchev–Trinajstić information content (AvgIpc) is 3.08. The van der Waals surface area contributed by atoms with E-state index in [1.165, 1.54) is 44.9 Å². The smallest absolute Gasteiger partial charge is 0.0577 e. The van der Waals surface area contributed by atoms with E-state index in [0.717, 1.165) is 37.0 Å².